The Labute approximate surface area is 85.7 Å². The highest BCUT2D eigenvalue weighted by atomic mass is 16.4. The zero-order valence-electron chi connectivity index (χ0n) is 8.05. The first-order chi connectivity index (χ1) is 6.98. The molecule has 82 valence electrons. The van der Waals surface area contributed by atoms with Gasteiger partial charge in [-0.2, -0.15) is 4.48 Å². The van der Waals surface area contributed by atoms with Crippen LogP contribution in [-0.4, -0.2) is 51.2 Å². The van der Waals surface area contributed by atoms with Crippen molar-refractivity contribution >= 4 is 17.8 Å². The van der Waals surface area contributed by atoms with Gasteiger partial charge in [0.1, 0.15) is 12.6 Å². The number of carbonyl (C=O) groups excluding carboxylic acids is 2. The Morgan fingerprint density at radius 3 is 2.27 bits per heavy atom. The number of hydrogen-bond donors (Lipinski definition) is 2. The molecule has 2 atom stereocenters. The van der Waals surface area contributed by atoms with E-state index in [-0.39, 0.29) is 37.6 Å². The minimum atomic E-state index is -1.19. The van der Waals surface area contributed by atoms with Crippen molar-refractivity contribution in [3.8, 4) is 0 Å². The third-order valence-corrected chi connectivity index (χ3v) is 3.25. The van der Waals surface area contributed by atoms with Crippen LogP contribution >= 0.6 is 0 Å². The van der Waals surface area contributed by atoms with Gasteiger partial charge in [0.05, 0.1) is 12.8 Å². The summed E-state index contributed by atoms with van der Waals surface area (Å²) in [5.74, 6) is -1.93. The summed E-state index contributed by atoms with van der Waals surface area (Å²) in [5, 5.41) is 18.4. The molecule has 2 aliphatic rings. The molecule has 0 bridgehead atoms. The summed E-state index contributed by atoms with van der Waals surface area (Å²) in [4.78, 5) is 34.3. The Kier molecular flexibility index (Phi) is 2.13. The smallest absolute Gasteiger partial charge is 0.363 e. The number of quaternary nitrogens is 1. The van der Waals surface area contributed by atoms with E-state index in [0.717, 1.165) is 0 Å². The number of hydrogen-bond acceptors (Lipinski definition) is 4. The molecule has 0 aromatic heterocycles. The van der Waals surface area contributed by atoms with E-state index < -0.39 is 22.6 Å². The fourth-order valence-corrected chi connectivity index (χ4v) is 2.56. The summed E-state index contributed by atoms with van der Waals surface area (Å²) in [7, 11) is 0. The van der Waals surface area contributed by atoms with Crippen LogP contribution in [0.25, 0.3) is 0 Å². The van der Waals surface area contributed by atoms with Gasteiger partial charge in [0.2, 0.25) is 6.04 Å². The predicted molar refractivity (Wildman–Crippen MR) is 46.4 cm³/mol. The number of aliphatic hydroxyl groups excluding tert-OH is 1. The van der Waals surface area contributed by atoms with Gasteiger partial charge in [0, 0.05) is 6.42 Å². The van der Waals surface area contributed by atoms with E-state index in [1.807, 2.05) is 0 Å². The molecular weight excluding hydrogens is 202 g/mol. The molecule has 1 unspecified atom stereocenters. The van der Waals surface area contributed by atoms with Crippen LogP contribution in [0.1, 0.15) is 19.3 Å². The van der Waals surface area contributed by atoms with Crippen molar-refractivity contribution in [2.45, 2.75) is 31.4 Å². The molecule has 1 spiro atoms. The maximum Gasteiger partial charge on any atom is 0.363 e. The number of carboxylic acids is 1. The van der Waals surface area contributed by atoms with E-state index in [9.17, 15) is 19.5 Å². The van der Waals surface area contributed by atoms with Crippen molar-refractivity contribution in [3.05, 3.63) is 0 Å². The number of imide groups is 1. The second kappa shape index (κ2) is 3.11. The van der Waals surface area contributed by atoms with Crippen LogP contribution in [0.15, 0.2) is 0 Å². The maximum atomic E-state index is 11.6. The lowest BCUT2D eigenvalue weighted by molar-refractivity contribution is -0.778. The van der Waals surface area contributed by atoms with E-state index in [2.05, 4.69) is 0 Å². The second-order valence-electron chi connectivity index (χ2n) is 4.08. The van der Waals surface area contributed by atoms with Crippen LogP contribution < -0.4 is 0 Å². The summed E-state index contributed by atoms with van der Waals surface area (Å²) < 4.78 is -0.670. The Hall–Kier alpha value is -1.27. The van der Waals surface area contributed by atoms with Gasteiger partial charge in [-0.3, -0.25) is 0 Å². The number of nitrogens with zero attached hydrogens (tertiary/aromatic N) is 1. The zero-order valence-corrected chi connectivity index (χ0v) is 8.05. The van der Waals surface area contributed by atoms with Crippen LogP contribution in [0.3, 0.4) is 0 Å². The van der Waals surface area contributed by atoms with E-state index in [1.165, 1.54) is 0 Å². The number of aliphatic hydroxyl groups is 1. The average molecular weight is 214 g/mol. The zero-order chi connectivity index (χ0) is 11.2. The van der Waals surface area contributed by atoms with Gasteiger partial charge >= 0.3 is 17.8 Å². The minimum Gasteiger partial charge on any atom is -0.477 e. The molecule has 0 radical (unpaired) electrons. The number of carbonyl (C=O) groups is 3. The molecule has 2 heterocycles. The maximum absolute atomic E-state index is 11.6. The van der Waals surface area contributed by atoms with Gasteiger partial charge in [-0.25, -0.2) is 14.4 Å². The molecular formula is C9H12NO5+. The lowest BCUT2D eigenvalue weighted by Crippen LogP contribution is -2.58. The highest BCUT2D eigenvalue weighted by molar-refractivity contribution is 5.95. The average Bonchev–Trinajstić information content (AvgIpc) is 2.64. The molecule has 2 fully saturated rings. The van der Waals surface area contributed by atoms with Gasteiger partial charge in [-0.05, 0) is 0 Å². The fraction of sp³-hybridized carbons (Fsp3) is 0.667. The summed E-state index contributed by atoms with van der Waals surface area (Å²) in [6.45, 7) is -0.0748. The molecule has 0 saturated carbocycles. The number of rotatable bonds is 1. The van der Waals surface area contributed by atoms with Gasteiger partial charge in [-0.1, -0.05) is 0 Å². The second-order valence-corrected chi connectivity index (χ2v) is 4.08. The summed E-state index contributed by atoms with van der Waals surface area (Å²) >= 11 is 0. The van der Waals surface area contributed by atoms with Crippen molar-refractivity contribution in [2.75, 3.05) is 6.54 Å². The number of aliphatic carboxylic acids is 1. The lowest BCUT2D eigenvalue weighted by atomic mass is 10.2. The Bertz CT molecular complexity index is 334. The molecule has 6 heteroatoms. The third-order valence-electron chi connectivity index (χ3n) is 3.25. The van der Waals surface area contributed by atoms with Crippen LogP contribution in [-0.2, 0) is 14.4 Å². The minimum absolute atomic E-state index is 0.0210. The van der Waals surface area contributed by atoms with Crippen molar-refractivity contribution in [1.29, 1.82) is 0 Å². The monoisotopic (exact) mass is 214 g/mol. The van der Waals surface area contributed by atoms with Crippen molar-refractivity contribution < 1.29 is 29.1 Å². The molecule has 0 aliphatic carbocycles. The highest BCUT2D eigenvalue weighted by Crippen LogP contribution is 2.35. The Morgan fingerprint density at radius 2 is 1.80 bits per heavy atom. The molecule has 2 N–H and O–H groups in total. The molecule has 0 aromatic rings. The summed E-state index contributed by atoms with van der Waals surface area (Å²) in [6.07, 6.45) is -0.714. The highest BCUT2D eigenvalue weighted by Gasteiger charge is 2.62. The first-order valence-corrected chi connectivity index (χ1v) is 4.84. The predicted octanol–water partition coefficient (Wildman–Crippen LogP) is -1.13. The van der Waals surface area contributed by atoms with Crippen molar-refractivity contribution in [1.82, 2.24) is 0 Å². The Morgan fingerprint density at radius 1 is 1.27 bits per heavy atom. The first kappa shape index (κ1) is 10.3. The van der Waals surface area contributed by atoms with Gasteiger partial charge in [-0.15, -0.1) is 0 Å². The molecule has 2 aliphatic heterocycles. The van der Waals surface area contributed by atoms with Crippen LogP contribution in [0, 0.1) is 0 Å². The molecule has 2 amide bonds. The van der Waals surface area contributed by atoms with E-state index in [4.69, 9.17) is 5.11 Å². The van der Waals surface area contributed by atoms with Crippen molar-refractivity contribution in [3.63, 3.8) is 0 Å². The topological polar surface area (TPSA) is 91.7 Å². The van der Waals surface area contributed by atoms with E-state index >= 15 is 0 Å². The molecule has 0 aromatic carbocycles. The van der Waals surface area contributed by atoms with Gasteiger partial charge in [0.25, 0.3) is 0 Å². The van der Waals surface area contributed by atoms with Crippen LogP contribution in [0.5, 0.6) is 0 Å². The summed E-state index contributed by atoms with van der Waals surface area (Å²) in [6, 6.07) is -1.09. The van der Waals surface area contributed by atoms with Gasteiger partial charge in [0.15, 0.2) is 0 Å². The number of carboxylic acid groups (broad SMARTS) is 1. The molecule has 2 saturated heterocycles. The Balaban J connectivity index is 2.44. The first-order valence-electron chi connectivity index (χ1n) is 4.84. The van der Waals surface area contributed by atoms with Crippen molar-refractivity contribution in [2.24, 2.45) is 0 Å². The quantitative estimate of drug-likeness (QED) is 0.425. The van der Waals surface area contributed by atoms with E-state index in [1.54, 1.807) is 0 Å². The number of amides is 2. The normalized spacial score (nSPS) is 33.9. The fourth-order valence-electron chi connectivity index (χ4n) is 2.56. The largest absolute Gasteiger partial charge is 0.477 e. The summed E-state index contributed by atoms with van der Waals surface area (Å²) in [5.41, 5.74) is 0. The third kappa shape index (κ3) is 1.22. The lowest BCUT2D eigenvalue weighted by Gasteiger charge is -2.27. The van der Waals surface area contributed by atoms with Gasteiger partial charge < -0.3 is 10.2 Å². The van der Waals surface area contributed by atoms with Crippen LogP contribution in [0.2, 0.25) is 0 Å². The van der Waals surface area contributed by atoms with Crippen LogP contribution in [0.4, 0.5) is 0 Å². The van der Waals surface area contributed by atoms with E-state index in [0.29, 0.717) is 0 Å². The molecule has 2 rings (SSSR count). The molecule has 15 heavy (non-hydrogen) atoms. The standard InChI is InChI=1S/C9H11NO5/c11-5-3-6(9(14)15)10(4-5)7(12)1-2-8(10)13/h5-6,11H,1-4H2/p+1/t5?,6-/m0/s1. The SMILES string of the molecule is O=C(O)[C@@H]1CC(O)C[N+]12C(=O)CCC2=O. The molecule has 6 nitrogen and oxygen atoms in total.